The van der Waals surface area contributed by atoms with E-state index in [0.29, 0.717) is 22.9 Å². The van der Waals surface area contributed by atoms with Crippen LogP contribution in [0, 0.1) is 0 Å². The van der Waals surface area contributed by atoms with Crippen molar-refractivity contribution in [3.63, 3.8) is 0 Å². The van der Waals surface area contributed by atoms with Crippen LogP contribution < -0.4 is 10.6 Å². The van der Waals surface area contributed by atoms with Gasteiger partial charge in [-0.15, -0.1) is 22.7 Å². The van der Waals surface area contributed by atoms with Crippen LogP contribution >= 0.6 is 22.7 Å². The van der Waals surface area contributed by atoms with Crippen molar-refractivity contribution in [2.45, 2.75) is 38.2 Å². The smallest absolute Gasteiger partial charge is 0.278 e. The van der Waals surface area contributed by atoms with Crippen LogP contribution in [0.15, 0.2) is 28.1 Å². The number of fused-ring (bicyclic) bond motifs is 1. The number of aromatic nitrogens is 1. The number of aryl methyl sites for hydroxylation is 1. The van der Waals surface area contributed by atoms with Gasteiger partial charge >= 0.3 is 0 Å². The Labute approximate surface area is 181 Å². The van der Waals surface area contributed by atoms with E-state index < -0.39 is 0 Å². The summed E-state index contributed by atoms with van der Waals surface area (Å²) < 4.78 is 10.9. The topological polar surface area (TPSA) is 93.5 Å². The first-order valence-corrected chi connectivity index (χ1v) is 11.7. The first-order valence-electron chi connectivity index (χ1n) is 10.1. The second kappa shape index (κ2) is 8.33. The number of hydrogen-bond donors (Lipinski definition) is 2. The van der Waals surface area contributed by atoms with Crippen molar-refractivity contribution in [2.24, 2.45) is 0 Å². The van der Waals surface area contributed by atoms with Crippen LogP contribution in [0.25, 0.3) is 10.6 Å². The highest BCUT2D eigenvalue weighted by atomic mass is 32.1. The highest BCUT2D eigenvalue weighted by molar-refractivity contribution is 7.17. The molecule has 0 unspecified atom stereocenters. The Kier molecular flexibility index (Phi) is 5.41. The van der Waals surface area contributed by atoms with E-state index >= 15 is 0 Å². The molecule has 0 saturated carbocycles. The van der Waals surface area contributed by atoms with Gasteiger partial charge in [-0.1, -0.05) is 11.2 Å². The molecule has 2 amide bonds. The average molecular weight is 444 g/mol. The van der Waals surface area contributed by atoms with E-state index in [-0.39, 0.29) is 23.6 Å². The molecule has 3 aromatic rings. The monoisotopic (exact) mass is 443 g/mol. The van der Waals surface area contributed by atoms with E-state index in [2.05, 4.69) is 15.8 Å². The number of rotatable bonds is 6. The molecule has 1 saturated heterocycles. The second-order valence-corrected chi connectivity index (χ2v) is 9.47. The molecular weight excluding hydrogens is 422 g/mol. The number of carbonyl (C=O) groups is 2. The number of nitrogens with one attached hydrogen (secondary N) is 2. The van der Waals surface area contributed by atoms with Gasteiger partial charge in [0.25, 0.3) is 11.8 Å². The third-order valence-corrected chi connectivity index (χ3v) is 7.49. The summed E-state index contributed by atoms with van der Waals surface area (Å²) >= 11 is 3.00. The van der Waals surface area contributed by atoms with Crippen LogP contribution in [-0.4, -0.2) is 36.2 Å². The lowest BCUT2D eigenvalue weighted by atomic mass is 10.1. The Morgan fingerprint density at radius 2 is 2.17 bits per heavy atom. The van der Waals surface area contributed by atoms with Gasteiger partial charge in [0.05, 0.1) is 16.5 Å². The van der Waals surface area contributed by atoms with Crippen molar-refractivity contribution < 1.29 is 18.8 Å². The molecule has 2 N–H and O–H groups in total. The molecule has 5 rings (SSSR count). The van der Waals surface area contributed by atoms with Crippen LogP contribution in [0.5, 0.6) is 0 Å². The number of anilines is 1. The summed E-state index contributed by atoms with van der Waals surface area (Å²) in [7, 11) is 0. The first kappa shape index (κ1) is 19.5. The lowest BCUT2D eigenvalue weighted by molar-refractivity contribution is 0.0858. The van der Waals surface area contributed by atoms with Crippen molar-refractivity contribution in [1.82, 2.24) is 10.5 Å². The lowest BCUT2D eigenvalue weighted by Gasteiger charge is -2.12. The van der Waals surface area contributed by atoms with E-state index in [1.807, 2.05) is 17.5 Å². The zero-order valence-electron chi connectivity index (χ0n) is 16.2. The number of ether oxygens (including phenoxy) is 1. The Hall–Kier alpha value is -2.49. The summed E-state index contributed by atoms with van der Waals surface area (Å²) in [5, 5.41) is 12.3. The van der Waals surface area contributed by atoms with E-state index in [1.165, 1.54) is 27.6 Å². The van der Waals surface area contributed by atoms with Gasteiger partial charge in [-0.25, -0.2) is 0 Å². The summed E-state index contributed by atoms with van der Waals surface area (Å²) in [6, 6.07) is 5.45. The van der Waals surface area contributed by atoms with E-state index in [1.54, 1.807) is 6.07 Å². The van der Waals surface area contributed by atoms with E-state index in [0.717, 1.165) is 49.2 Å². The number of carbonyl (C=O) groups excluding carboxylic acids is 2. The van der Waals surface area contributed by atoms with Crippen LogP contribution in [-0.2, 0) is 17.6 Å². The molecule has 156 valence electrons. The van der Waals surface area contributed by atoms with Gasteiger partial charge in [0.2, 0.25) is 0 Å². The highest BCUT2D eigenvalue weighted by Gasteiger charge is 2.29. The van der Waals surface area contributed by atoms with Crippen molar-refractivity contribution in [3.8, 4) is 10.6 Å². The fourth-order valence-corrected chi connectivity index (χ4v) is 5.87. The molecule has 1 aliphatic heterocycles. The minimum atomic E-state index is -0.380. The molecule has 0 aromatic carbocycles. The second-order valence-electron chi connectivity index (χ2n) is 7.41. The Morgan fingerprint density at radius 3 is 2.97 bits per heavy atom. The predicted molar refractivity (Wildman–Crippen MR) is 115 cm³/mol. The molecule has 0 bridgehead atoms. The normalized spacial score (nSPS) is 17.8. The first-order chi connectivity index (χ1) is 14.7. The molecular formula is C21H21N3O4S2. The average Bonchev–Trinajstić information content (AvgIpc) is 3.54. The Morgan fingerprint density at radius 1 is 1.23 bits per heavy atom. The van der Waals surface area contributed by atoms with Gasteiger partial charge in [0, 0.05) is 24.1 Å². The molecule has 2 aliphatic rings. The quantitative estimate of drug-likeness (QED) is 0.598. The largest absolute Gasteiger partial charge is 0.376 e. The molecule has 1 atom stereocenters. The summed E-state index contributed by atoms with van der Waals surface area (Å²) in [4.78, 5) is 27.8. The molecule has 1 fully saturated rings. The van der Waals surface area contributed by atoms with Crippen molar-refractivity contribution in [3.05, 3.63) is 45.3 Å². The zero-order chi connectivity index (χ0) is 20.5. The standard InChI is InChI=1S/C21H21N3O4S2/c25-19(14-10-15(28-24-14)17-7-3-9-29-17)23-21-18(13-5-1-6-16(13)30-21)20(26)22-11-12-4-2-8-27-12/h3,7,9-10,12H,1-2,4-6,8,11H2,(H,22,26)(H,23,25)/t12-/m0/s1. The lowest BCUT2D eigenvalue weighted by Crippen LogP contribution is -2.32. The van der Waals surface area contributed by atoms with Gasteiger partial charge in [-0.3, -0.25) is 9.59 Å². The predicted octanol–water partition coefficient (Wildman–Crippen LogP) is 4.11. The van der Waals surface area contributed by atoms with Crippen molar-refractivity contribution in [2.75, 3.05) is 18.5 Å². The van der Waals surface area contributed by atoms with E-state index in [9.17, 15) is 9.59 Å². The van der Waals surface area contributed by atoms with E-state index in [4.69, 9.17) is 9.26 Å². The van der Waals surface area contributed by atoms with Crippen molar-refractivity contribution >= 4 is 39.5 Å². The molecule has 9 heteroatoms. The molecule has 7 nitrogen and oxygen atoms in total. The minimum Gasteiger partial charge on any atom is -0.376 e. The fraction of sp³-hybridized carbons (Fsp3) is 0.381. The number of thiophene rings is 2. The number of hydrogen-bond acceptors (Lipinski definition) is 7. The van der Waals surface area contributed by atoms with Gasteiger partial charge in [0.15, 0.2) is 11.5 Å². The summed E-state index contributed by atoms with van der Waals surface area (Å²) in [5.41, 5.74) is 1.83. The SMILES string of the molecule is O=C(Nc1sc2c(c1C(=O)NC[C@@H]1CCCO1)CCC2)c1cc(-c2cccs2)on1. The van der Waals surface area contributed by atoms with Crippen LogP contribution in [0.4, 0.5) is 5.00 Å². The molecule has 4 heterocycles. The van der Waals surface area contributed by atoms with Crippen LogP contribution in [0.1, 0.15) is 50.5 Å². The maximum Gasteiger partial charge on any atom is 0.278 e. The third kappa shape index (κ3) is 3.80. The molecule has 3 aromatic heterocycles. The van der Waals surface area contributed by atoms with Crippen LogP contribution in [0.3, 0.4) is 0 Å². The number of amides is 2. The van der Waals surface area contributed by atoms with Gasteiger partial charge in [-0.05, 0) is 49.1 Å². The van der Waals surface area contributed by atoms with Crippen LogP contribution in [0.2, 0.25) is 0 Å². The summed E-state index contributed by atoms with van der Waals surface area (Å²) in [6.45, 7) is 1.24. The van der Waals surface area contributed by atoms with Crippen molar-refractivity contribution in [1.29, 1.82) is 0 Å². The Balaban J connectivity index is 1.34. The summed E-state index contributed by atoms with van der Waals surface area (Å²) in [6.07, 6.45) is 4.90. The molecule has 0 radical (unpaired) electrons. The zero-order valence-corrected chi connectivity index (χ0v) is 17.9. The molecule has 1 aliphatic carbocycles. The minimum absolute atomic E-state index is 0.0736. The maximum atomic E-state index is 13.0. The fourth-order valence-electron chi connectivity index (χ4n) is 3.92. The van der Waals surface area contributed by atoms with Gasteiger partial charge in [0.1, 0.15) is 5.00 Å². The Bertz CT molecular complexity index is 1060. The summed E-state index contributed by atoms with van der Waals surface area (Å²) in [5.74, 6) is 0.0210. The maximum absolute atomic E-state index is 13.0. The third-order valence-electron chi connectivity index (χ3n) is 5.40. The van der Waals surface area contributed by atoms with Gasteiger partial charge in [-0.2, -0.15) is 0 Å². The number of nitrogens with zero attached hydrogens (tertiary/aromatic N) is 1. The highest BCUT2D eigenvalue weighted by Crippen LogP contribution is 2.39. The van der Waals surface area contributed by atoms with Gasteiger partial charge < -0.3 is 19.9 Å². The molecule has 0 spiro atoms. The molecule has 30 heavy (non-hydrogen) atoms.